The molecule has 0 aromatic heterocycles. The van der Waals surface area contributed by atoms with Crippen LogP contribution in [0.25, 0.3) is 0 Å². The summed E-state index contributed by atoms with van der Waals surface area (Å²) in [5.74, 6) is 0.792. The summed E-state index contributed by atoms with van der Waals surface area (Å²) in [6.07, 6.45) is 5.55. The van der Waals surface area contributed by atoms with E-state index in [1.54, 1.807) is 0 Å². The number of nitrogens with zero attached hydrogens (tertiary/aromatic N) is 1. The van der Waals surface area contributed by atoms with E-state index in [1.165, 1.54) is 38.8 Å². The average molecular weight is 168 g/mol. The molecule has 2 nitrogen and oxygen atoms in total. The van der Waals surface area contributed by atoms with Gasteiger partial charge in [0, 0.05) is 12.1 Å². The Hall–Kier alpha value is -0.0800. The van der Waals surface area contributed by atoms with Crippen molar-refractivity contribution in [2.45, 2.75) is 44.7 Å². The Morgan fingerprint density at radius 2 is 1.75 bits per heavy atom. The van der Waals surface area contributed by atoms with Crippen LogP contribution in [0, 0.1) is 5.92 Å². The maximum absolute atomic E-state index is 5.89. The van der Waals surface area contributed by atoms with Crippen LogP contribution in [0.5, 0.6) is 0 Å². The number of hydrogen-bond donors (Lipinski definition) is 1. The van der Waals surface area contributed by atoms with Crippen LogP contribution in [0.4, 0.5) is 0 Å². The van der Waals surface area contributed by atoms with Gasteiger partial charge in [-0.05, 0) is 51.6 Å². The van der Waals surface area contributed by atoms with E-state index < -0.39 is 0 Å². The van der Waals surface area contributed by atoms with E-state index in [9.17, 15) is 0 Å². The molecule has 0 radical (unpaired) electrons. The van der Waals surface area contributed by atoms with E-state index in [0.717, 1.165) is 12.0 Å². The van der Waals surface area contributed by atoms with Crippen LogP contribution >= 0.6 is 0 Å². The molecule has 2 N–H and O–H groups in total. The topological polar surface area (TPSA) is 29.3 Å². The second-order valence-corrected chi connectivity index (χ2v) is 4.46. The smallest absolute Gasteiger partial charge is 0.00964 e. The van der Waals surface area contributed by atoms with Crippen LogP contribution in [-0.4, -0.2) is 30.1 Å². The maximum atomic E-state index is 5.89. The lowest BCUT2D eigenvalue weighted by Gasteiger charge is -2.33. The van der Waals surface area contributed by atoms with Gasteiger partial charge in [0.2, 0.25) is 0 Å². The van der Waals surface area contributed by atoms with E-state index in [-0.39, 0.29) is 0 Å². The van der Waals surface area contributed by atoms with Gasteiger partial charge in [-0.15, -0.1) is 0 Å². The molecule has 1 atom stereocenters. The molecule has 1 saturated carbocycles. The summed E-state index contributed by atoms with van der Waals surface area (Å²) >= 11 is 0. The van der Waals surface area contributed by atoms with Gasteiger partial charge in [0.1, 0.15) is 0 Å². The first kappa shape index (κ1) is 8.52. The molecule has 0 aromatic rings. The quantitative estimate of drug-likeness (QED) is 0.671. The summed E-state index contributed by atoms with van der Waals surface area (Å²) in [7, 11) is 0. The van der Waals surface area contributed by atoms with Gasteiger partial charge in [-0.25, -0.2) is 0 Å². The minimum absolute atomic E-state index is 0.409. The molecule has 1 saturated heterocycles. The summed E-state index contributed by atoms with van der Waals surface area (Å²) in [6.45, 7) is 4.76. The first-order valence-electron chi connectivity index (χ1n) is 5.27. The molecule has 1 unspecified atom stereocenters. The molecule has 1 aliphatic heterocycles. The highest BCUT2D eigenvalue weighted by Gasteiger charge is 2.32. The number of likely N-dealkylation sites (tertiary alicyclic amines) is 1. The fraction of sp³-hybridized carbons (Fsp3) is 1.00. The summed E-state index contributed by atoms with van der Waals surface area (Å²) < 4.78 is 0. The lowest BCUT2D eigenvalue weighted by Crippen LogP contribution is -2.40. The van der Waals surface area contributed by atoms with Crippen molar-refractivity contribution >= 4 is 0 Å². The molecule has 2 heteroatoms. The maximum Gasteiger partial charge on any atom is 0.00964 e. The fourth-order valence-electron chi connectivity index (χ4n) is 2.25. The van der Waals surface area contributed by atoms with Crippen LogP contribution in [0.2, 0.25) is 0 Å². The van der Waals surface area contributed by atoms with E-state index in [0.29, 0.717) is 6.04 Å². The van der Waals surface area contributed by atoms with Crippen molar-refractivity contribution in [1.29, 1.82) is 0 Å². The van der Waals surface area contributed by atoms with Crippen molar-refractivity contribution in [3.63, 3.8) is 0 Å². The Balaban J connectivity index is 1.76. The molecule has 0 amide bonds. The lowest BCUT2D eigenvalue weighted by molar-refractivity contribution is 0.165. The molecule has 2 rings (SSSR count). The Labute approximate surface area is 75.1 Å². The standard InChI is InChI=1S/C10H20N2/c1-8(11)9-4-6-12(7-5-9)10-2-3-10/h8-10H,2-7,11H2,1H3. The van der Waals surface area contributed by atoms with Crippen LogP contribution in [0.3, 0.4) is 0 Å². The monoisotopic (exact) mass is 168 g/mol. The zero-order chi connectivity index (χ0) is 8.55. The highest BCUT2D eigenvalue weighted by Crippen LogP contribution is 2.31. The van der Waals surface area contributed by atoms with Gasteiger partial charge in [0.15, 0.2) is 0 Å². The van der Waals surface area contributed by atoms with Crippen molar-refractivity contribution in [3.8, 4) is 0 Å². The summed E-state index contributed by atoms with van der Waals surface area (Å²) in [5, 5.41) is 0. The Morgan fingerprint density at radius 1 is 1.17 bits per heavy atom. The van der Waals surface area contributed by atoms with E-state index in [4.69, 9.17) is 5.73 Å². The third-order valence-electron chi connectivity index (χ3n) is 3.38. The second kappa shape index (κ2) is 3.35. The number of piperidine rings is 1. The fourth-order valence-corrected chi connectivity index (χ4v) is 2.25. The van der Waals surface area contributed by atoms with E-state index in [1.807, 2.05) is 0 Å². The first-order valence-corrected chi connectivity index (χ1v) is 5.27. The summed E-state index contributed by atoms with van der Waals surface area (Å²) in [4.78, 5) is 2.65. The minimum atomic E-state index is 0.409. The van der Waals surface area contributed by atoms with Crippen molar-refractivity contribution < 1.29 is 0 Å². The van der Waals surface area contributed by atoms with Gasteiger partial charge >= 0.3 is 0 Å². The molecule has 70 valence electrons. The van der Waals surface area contributed by atoms with E-state index in [2.05, 4.69) is 11.8 Å². The third-order valence-corrected chi connectivity index (χ3v) is 3.38. The molecular weight excluding hydrogens is 148 g/mol. The number of hydrogen-bond acceptors (Lipinski definition) is 2. The highest BCUT2D eigenvalue weighted by molar-refractivity contribution is 4.88. The van der Waals surface area contributed by atoms with Gasteiger partial charge in [-0.2, -0.15) is 0 Å². The van der Waals surface area contributed by atoms with Crippen molar-refractivity contribution in [1.82, 2.24) is 4.90 Å². The molecule has 0 aromatic carbocycles. The van der Waals surface area contributed by atoms with Crippen LogP contribution < -0.4 is 5.73 Å². The predicted octanol–water partition coefficient (Wildman–Crippen LogP) is 1.21. The van der Waals surface area contributed by atoms with Crippen LogP contribution in [0.1, 0.15) is 32.6 Å². The highest BCUT2D eigenvalue weighted by atomic mass is 15.2. The predicted molar refractivity (Wildman–Crippen MR) is 51.0 cm³/mol. The summed E-state index contributed by atoms with van der Waals surface area (Å²) in [6, 6.07) is 1.37. The lowest BCUT2D eigenvalue weighted by atomic mass is 9.91. The molecule has 0 bridgehead atoms. The molecule has 12 heavy (non-hydrogen) atoms. The molecule has 2 fully saturated rings. The number of nitrogens with two attached hydrogens (primary N) is 1. The van der Waals surface area contributed by atoms with E-state index >= 15 is 0 Å². The van der Waals surface area contributed by atoms with Crippen molar-refractivity contribution in [2.24, 2.45) is 11.7 Å². The van der Waals surface area contributed by atoms with Gasteiger partial charge in [-0.3, -0.25) is 0 Å². The summed E-state index contributed by atoms with van der Waals surface area (Å²) in [5.41, 5.74) is 5.89. The van der Waals surface area contributed by atoms with Crippen LogP contribution in [-0.2, 0) is 0 Å². The molecular formula is C10H20N2. The Bertz CT molecular complexity index is 134. The average Bonchev–Trinajstić information content (AvgIpc) is 2.87. The Kier molecular flexibility index (Phi) is 2.37. The van der Waals surface area contributed by atoms with Gasteiger partial charge in [0.25, 0.3) is 0 Å². The second-order valence-electron chi connectivity index (χ2n) is 4.46. The minimum Gasteiger partial charge on any atom is -0.328 e. The van der Waals surface area contributed by atoms with Crippen molar-refractivity contribution in [2.75, 3.05) is 13.1 Å². The zero-order valence-electron chi connectivity index (χ0n) is 8.00. The normalized spacial score (nSPS) is 30.5. The molecule has 0 spiro atoms. The van der Waals surface area contributed by atoms with Gasteiger partial charge in [-0.1, -0.05) is 0 Å². The molecule has 1 aliphatic carbocycles. The molecule has 2 aliphatic rings. The molecule has 1 heterocycles. The van der Waals surface area contributed by atoms with Crippen molar-refractivity contribution in [3.05, 3.63) is 0 Å². The number of rotatable bonds is 2. The third kappa shape index (κ3) is 1.80. The van der Waals surface area contributed by atoms with Gasteiger partial charge in [0.05, 0.1) is 0 Å². The largest absolute Gasteiger partial charge is 0.328 e. The van der Waals surface area contributed by atoms with Crippen LogP contribution in [0.15, 0.2) is 0 Å². The zero-order valence-corrected chi connectivity index (χ0v) is 8.00. The SMILES string of the molecule is CC(N)C1CCN(C2CC2)CC1. The first-order chi connectivity index (χ1) is 5.77. The Morgan fingerprint density at radius 3 is 2.17 bits per heavy atom. The van der Waals surface area contributed by atoms with Gasteiger partial charge < -0.3 is 10.6 Å².